The summed E-state index contributed by atoms with van der Waals surface area (Å²) in [6.45, 7) is 12.5. The number of hydrogen-bond acceptors (Lipinski definition) is 2. The Kier molecular flexibility index (Phi) is 4.72. The molecule has 0 saturated heterocycles. The molecule has 0 heterocycles. The van der Waals surface area contributed by atoms with Crippen molar-refractivity contribution in [3.8, 4) is 0 Å². The molecule has 0 atom stereocenters. The lowest BCUT2D eigenvalue weighted by Crippen LogP contribution is -2.35. The van der Waals surface area contributed by atoms with Gasteiger partial charge in [0.25, 0.3) is 0 Å². The van der Waals surface area contributed by atoms with Gasteiger partial charge in [-0.3, -0.25) is 0 Å². The van der Waals surface area contributed by atoms with Gasteiger partial charge in [0, 0.05) is 12.1 Å². The summed E-state index contributed by atoms with van der Waals surface area (Å²) in [4.78, 5) is 0. The van der Waals surface area contributed by atoms with Gasteiger partial charge < -0.3 is 11.1 Å². The van der Waals surface area contributed by atoms with Crippen molar-refractivity contribution >= 4 is 0 Å². The summed E-state index contributed by atoms with van der Waals surface area (Å²) in [7, 11) is 0. The van der Waals surface area contributed by atoms with Crippen LogP contribution in [-0.2, 0) is 6.54 Å². The maximum atomic E-state index is 5.95. The first-order chi connectivity index (χ1) is 7.79. The van der Waals surface area contributed by atoms with Gasteiger partial charge in [-0.1, -0.05) is 12.1 Å². The molecular weight excluding hydrogens is 208 g/mol. The third-order valence-corrected chi connectivity index (χ3v) is 3.21. The number of benzene rings is 1. The molecule has 2 heteroatoms. The van der Waals surface area contributed by atoms with Crippen molar-refractivity contribution in [1.82, 2.24) is 5.32 Å². The highest BCUT2D eigenvalue weighted by Gasteiger charge is 2.09. The molecule has 0 aromatic heterocycles. The maximum Gasteiger partial charge on any atom is 0.0208 e. The fourth-order valence-electron chi connectivity index (χ4n) is 1.84. The summed E-state index contributed by atoms with van der Waals surface area (Å²) in [6, 6.07) is 4.55. The van der Waals surface area contributed by atoms with Gasteiger partial charge in [0.05, 0.1) is 0 Å². The Labute approximate surface area is 106 Å². The highest BCUT2D eigenvalue weighted by molar-refractivity contribution is 5.36. The molecule has 17 heavy (non-hydrogen) atoms. The van der Waals surface area contributed by atoms with Crippen LogP contribution in [0.4, 0.5) is 0 Å². The first kappa shape index (κ1) is 14.2. The van der Waals surface area contributed by atoms with Crippen molar-refractivity contribution < 1.29 is 0 Å². The van der Waals surface area contributed by atoms with Crippen molar-refractivity contribution in [2.24, 2.45) is 5.73 Å². The predicted octanol–water partition coefficient (Wildman–Crippen LogP) is 2.83. The first-order valence-corrected chi connectivity index (χ1v) is 6.36. The quantitative estimate of drug-likeness (QED) is 0.769. The second kappa shape index (κ2) is 5.65. The monoisotopic (exact) mass is 234 g/mol. The van der Waals surface area contributed by atoms with Crippen LogP contribution in [0.2, 0.25) is 0 Å². The lowest BCUT2D eigenvalue weighted by molar-refractivity contribution is 0.455. The second-order valence-electron chi connectivity index (χ2n) is 5.78. The number of rotatable bonds is 5. The van der Waals surface area contributed by atoms with Crippen molar-refractivity contribution in [1.29, 1.82) is 0 Å². The molecule has 0 fully saturated rings. The van der Waals surface area contributed by atoms with Crippen LogP contribution in [0.15, 0.2) is 12.1 Å². The van der Waals surface area contributed by atoms with E-state index >= 15 is 0 Å². The van der Waals surface area contributed by atoms with Crippen LogP contribution < -0.4 is 11.1 Å². The van der Waals surface area contributed by atoms with Crippen molar-refractivity contribution in [2.75, 3.05) is 6.54 Å². The van der Waals surface area contributed by atoms with E-state index in [2.05, 4.69) is 52.1 Å². The third kappa shape index (κ3) is 4.88. The van der Waals surface area contributed by atoms with E-state index in [-0.39, 0.29) is 5.54 Å². The lowest BCUT2D eigenvalue weighted by Gasteiger charge is -2.18. The summed E-state index contributed by atoms with van der Waals surface area (Å²) in [6.07, 6.45) is 0.997. The van der Waals surface area contributed by atoms with Crippen molar-refractivity contribution in [2.45, 2.75) is 53.1 Å². The molecule has 1 aromatic carbocycles. The Hall–Kier alpha value is -0.860. The minimum Gasteiger partial charge on any atom is -0.326 e. The Morgan fingerprint density at radius 3 is 2.24 bits per heavy atom. The third-order valence-electron chi connectivity index (χ3n) is 3.21. The van der Waals surface area contributed by atoms with Gasteiger partial charge in [0.2, 0.25) is 0 Å². The molecule has 0 amide bonds. The Balaban J connectivity index is 2.50. The zero-order valence-corrected chi connectivity index (χ0v) is 11.9. The van der Waals surface area contributed by atoms with Crippen molar-refractivity contribution in [3.05, 3.63) is 34.4 Å². The van der Waals surface area contributed by atoms with Crippen LogP contribution in [0.1, 0.15) is 42.5 Å². The van der Waals surface area contributed by atoms with E-state index < -0.39 is 0 Å². The summed E-state index contributed by atoms with van der Waals surface area (Å²) < 4.78 is 0. The lowest BCUT2D eigenvalue weighted by atomic mass is 10.0. The normalized spacial score (nSPS) is 11.9. The fraction of sp³-hybridized carbons (Fsp3) is 0.600. The summed E-state index contributed by atoms with van der Waals surface area (Å²) in [5.41, 5.74) is 11.4. The molecule has 2 nitrogen and oxygen atoms in total. The molecule has 0 radical (unpaired) electrons. The molecule has 0 aliphatic heterocycles. The van der Waals surface area contributed by atoms with Crippen LogP contribution >= 0.6 is 0 Å². The van der Waals surface area contributed by atoms with Gasteiger partial charge in [-0.05, 0) is 69.8 Å². The highest BCUT2D eigenvalue weighted by Crippen LogP contribution is 2.15. The molecule has 1 aromatic rings. The standard InChI is InChI=1S/C15H26N2/c1-11-8-13(3)14(9-12(11)2)10-17-7-6-15(4,5)16/h8-9,17H,6-7,10,16H2,1-5H3. The molecule has 0 aliphatic rings. The van der Waals surface area contributed by atoms with E-state index in [0.29, 0.717) is 0 Å². The average Bonchev–Trinajstić information content (AvgIpc) is 2.18. The summed E-state index contributed by atoms with van der Waals surface area (Å²) >= 11 is 0. The van der Waals surface area contributed by atoms with Gasteiger partial charge in [0.1, 0.15) is 0 Å². The largest absolute Gasteiger partial charge is 0.326 e. The average molecular weight is 234 g/mol. The van der Waals surface area contributed by atoms with E-state index in [0.717, 1.165) is 19.5 Å². The number of hydrogen-bond donors (Lipinski definition) is 2. The van der Waals surface area contributed by atoms with Crippen LogP contribution in [0.5, 0.6) is 0 Å². The SMILES string of the molecule is Cc1cc(C)c(CNCCC(C)(C)N)cc1C. The van der Waals surface area contributed by atoms with E-state index in [4.69, 9.17) is 5.73 Å². The van der Waals surface area contributed by atoms with Crippen molar-refractivity contribution in [3.63, 3.8) is 0 Å². The van der Waals surface area contributed by atoms with Gasteiger partial charge in [-0.15, -0.1) is 0 Å². The molecule has 0 unspecified atom stereocenters. The first-order valence-electron chi connectivity index (χ1n) is 6.36. The van der Waals surface area contributed by atoms with Crippen LogP contribution in [-0.4, -0.2) is 12.1 Å². The van der Waals surface area contributed by atoms with Crippen LogP contribution in [0.3, 0.4) is 0 Å². The maximum absolute atomic E-state index is 5.95. The van der Waals surface area contributed by atoms with E-state index in [1.165, 1.54) is 22.3 Å². The summed E-state index contributed by atoms with van der Waals surface area (Å²) in [5.74, 6) is 0. The molecular formula is C15H26N2. The van der Waals surface area contributed by atoms with Gasteiger partial charge >= 0.3 is 0 Å². The number of nitrogens with two attached hydrogens (primary N) is 1. The smallest absolute Gasteiger partial charge is 0.0208 e. The highest BCUT2D eigenvalue weighted by atomic mass is 14.9. The zero-order valence-electron chi connectivity index (χ0n) is 11.9. The molecule has 0 bridgehead atoms. The van der Waals surface area contributed by atoms with E-state index in [9.17, 15) is 0 Å². The van der Waals surface area contributed by atoms with Crippen LogP contribution in [0, 0.1) is 20.8 Å². The Morgan fingerprint density at radius 1 is 1.06 bits per heavy atom. The Morgan fingerprint density at radius 2 is 1.65 bits per heavy atom. The predicted molar refractivity (Wildman–Crippen MR) is 75.2 cm³/mol. The number of aryl methyl sites for hydroxylation is 3. The van der Waals surface area contributed by atoms with Crippen LogP contribution in [0.25, 0.3) is 0 Å². The molecule has 1 rings (SSSR count). The second-order valence-corrected chi connectivity index (χ2v) is 5.78. The van der Waals surface area contributed by atoms with E-state index in [1.807, 2.05) is 0 Å². The van der Waals surface area contributed by atoms with Gasteiger partial charge in [-0.25, -0.2) is 0 Å². The molecule has 0 aliphatic carbocycles. The van der Waals surface area contributed by atoms with E-state index in [1.54, 1.807) is 0 Å². The van der Waals surface area contributed by atoms with Gasteiger partial charge in [0.15, 0.2) is 0 Å². The Bertz CT molecular complexity index is 375. The molecule has 3 N–H and O–H groups in total. The zero-order chi connectivity index (χ0) is 13.1. The number of nitrogens with one attached hydrogen (secondary N) is 1. The molecule has 96 valence electrons. The minimum absolute atomic E-state index is 0.0781. The molecule has 0 spiro atoms. The fourth-order valence-corrected chi connectivity index (χ4v) is 1.84. The summed E-state index contributed by atoms with van der Waals surface area (Å²) in [5, 5.41) is 3.47. The van der Waals surface area contributed by atoms with Gasteiger partial charge in [-0.2, -0.15) is 0 Å². The topological polar surface area (TPSA) is 38.0 Å². The molecule has 0 saturated carbocycles. The minimum atomic E-state index is -0.0781.